The number of carboxylic acids is 1. The molecule has 0 saturated heterocycles. The molecule has 1 amide bonds. The van der Waals surface area contributed by atoms with Crippen molar-refractivity contribution in [2.45, 2.75) is 12.8 Å². The van der Waals surface area contributed by atoms with Crippen molar-refractivity contribution in [2.24, 2.45) is 0 Å². The molecule has 1 rings (SSSR count). The molecule has 0 atom stereocenters. The first-order valence-electron chi connectivity index (χ1n) is 4.81. The molecule has 86 valence electrons. The first-order valence-corrected chi connectivity index (χ1v) is 4.81. The number of aryl methyl sites for hydroxylation is 1. The summed E-state index contributed by atoms with van der Waals surface area (Å²) in [6.07, 6.45) is 0.542. The number of halogens is 1. The van der Waals surface area contributed by atoms with Crippen molar-refractivity contribution < 1.29 is 19.1 Å². The van der Waals surface area contributed by atoms with E-state index in [1.165, 1.54) is 12.1 Å². The largest absolute Gasteiger partial charge is 0.480 e. The molecule has 0 fully saturated rings. The summed E-state index contributed by atoms with van der Waals surface area (Å²) in [4.78, 5) is 21.3. The summed E-state index contributed by atoms with van der Waals surface area (Å²) in [5.41, 5.74) is 0.713. The van der Waals surface area contributed by atoms with E-state index in [0.717, 1.165) is 0 Å². The Labute approximate surface area is 92.1 Å². The van der Waals surface area contributed by atoms with Crippen LogP contribution < -0.4 is 5.32 Å². The van der Waals surface area contributed by atoms with Gasteiger partial charge in [-0.1, -0.05) is 12.1 Å². The smallest absolute Gasteiger partial charge is 0.322 e. The number of amides is 1. The van der Waals surface area contributed by atoms with Gasteiger partial charge in [0.05, 0.1) is 0 Å². The predicted octanol–water partition coefficient (Wildman–Crippen LogP) is 0.959. The molecule has 0 spiro atoms. The minimum absolute atomic E-state index is 0.150. The average molecular weight is 225 g/mol. The van der Waals surface area contributed by atoms with Crippen LogP contribution in [0.1, 0.15) is 12.0 Å². The zero-order chi connectivity index (χ0) is 12.0. The van der Waals surface area contributed by atoms with E-state index in [2.05, 4.69) is 5.32 Å². The summed E-state index contributed by atoms with van der Waals surface area (Å²) in [7, 11) is 0. The van der Waals surface area contributed by atoms with E-state index in [1.807, 2.05) is 0 Å². The fraction of sp³-hybridized carbons (Fsp3) is 0.273. The number of carboxylic acid groups (broad SMARTS) is 1. The molecule has 0 aliphatic heterocycles. The van der Waals surface area contributed by atoms with Gasteiger partial charge in [0.15, 0.2) is 0 Å². The van der Waals surface area contributed by atoms with Gasteiger partial charge in [-0.25, -0.2) is 4.39 Å². The molecule has 1 aromatic rings. The van der Waals surface area contributed by atoms with Crippen LogP contribution in [0.25, 0.3) is 0 Å². The molecular weight excluding hydrogens is 213 g/mol. The summed E-state index contributed by atoms with van der Waals surface area (Å²) in [6, 6.07) is 5.96. The van der Waals surface area contributed by atoms with Crippen molar-refractivity contribution in [3.8, 4) is 0 Å². The third-order valence-electron chi connectivity index (χ3n) is 1.97. The molecule has 16 heavy (non-hydrogen) atoms. The molecule has 0 saturated carbocycles. The van der Waals surface area contributed by atoms with Crippen LogP contribution in [0.2, 0.25) is 0 Å². The SMILES string of the molecule is O=C(O)CNC(=O)CCc1cccc(F)c1. The van der Waals surface area contributed by atoms with Crippen LogP contribution in [0.15, 0.2) is 24.3 Å². The second kappa shape index (κ2) is 5.85. The van der Waals surface area contributed by atoms with Gasteiger partial charge in [-0.05, 0) is 24.1 Å². The maximum atomic E-state index is 12.8. The second-order valence-corrected chi connectivity index (χ2v) is 3.30. The zero-order valence-electron chi connectivity index (χ0n) is 8.57. The third-order valence-corrected chi connectivity index (χ3v) is 1.97. The highest BCUT2D eigenvalue weighted by atomic mass is 19.1. The Bertz CT molecular complexity index is 393. The third kappa shape index (κ3) is 4.54. The van der Waals surface area contributed by atoms with Crippen molar-refractivity contribution in [2.75, 3.05) is 6.54 Å². The molecule has 0 aliphatic carbocycles. The Kier molecular flexibility index (Phi) is 4.44. The fourth-order valence-corrected chi connectivity index (χ4v) is 1.21. The van der Waals surface area contributed by atoms with Crippen molar-refractivity contribution in [1.82, 2.24) is 5.32 Å². The lowest BCUT2D eigenvalue weighted by Crippen LogP contribution is -2.29. The minimum Gasteiger partial charge on any atom is -0.480 e. The summed E-state index contributed by atoms with van der Waals surface area (Å²) >= 11 is 0. The Balaban J connectivity index is 2.34. The van der Waals surface area contributed by atoms with E-state index < -0.39 is 5.97 Å². The molecule has 0 bridgehead atoms. The van der Waals surface area contributed by atoms with Crippen LogP contribution in [0.5, 0.6) is 0 Å². The van der Waals surface area contributed by atoms with Crippen molar-refractivity contribution >= 4 is 11.9 Å². The minimum atomic E-state index is -1.08. The molecule has 1 aromatic carbocycles. The Morgan fingerprint density at radius 1 is 1.38 bits per heavy atom. The molecule has 0 heterocycles. The van der Waals surface area contributed by atoms with Crippen LogP contribution in [0.3, 0.4) is 0 Å². The fourth-order valence-electron chi connectivity index (χ4n) is 1.21. The first kappa shape index (κ1) is 12.2. The number of aliphatic carboxylic acids is 1. The lowest BCUT2D eigenvalue weighted by molar-refractivity contribution is -0.137. The first-order chi connectivity index (χ1) is 7.58. The molecule has 0 radical (unpaired) electrons. The number of hydrogen-bond donors (Lipinski definition) is 2. The topological polar surface area (TPSA) is 66.4 Å². The maximum absolute atomic E-state index is 12.8. The quantitative estimate of drug-likeness (QED) is 0.784. The summed E-state index contributed by atoms with van der Waals surface area (Å²) < 4.78 is 12.8. The molecule has 2 N–H and O–H groups in total. The van der Waals surface area contributed by atoms with Gasteiger partial charge in [0.2, 0.25) is 5.91 Å². The van der Waals surface area contributed by atoms with Gasteiger partial charge >= 0.3 is 5.97 Å². The molecule has 0 aliphatic rings. The summed E-state index contributed by atoms with van der Waals surface area (Å²) in [6.45, 7) is -0.387. The van der Waals surface area contributed by atoms with E-state index in [1.54, 1.807) is 12.1 Å². The number of carbonyl (C=O) groups is 2. The van der Waals surface area contributed by atoms with E-state index in [0.29, 0.717) is 12.0 Å². The molecule has 5 heteroatoms. The molecule has 0 unspecified atom stereocenters. The van der Waals surface area contributed by atoms with Crippen LogP contribution in [-0.4, -0.2) is 23.5 Å². The van der Waals surface area contributed by atoms with Gasteiger partial charge in [0.25, 0.3) is 0 Å². The number of rotatable bonds is 5. The summed E-state index contributed by atoms with van der Waals surface area (Å²) in [5, 5.41) is 10.6. The number of hydrogen-bond acceptors (Lipinski definition) is 2. The van der Waals surface area contributed by atoms with Crippen LogP contribution in [-0.2, 0) is 16.0 Å². The van der Waals surface area contributed by atoms with Gasteiger partial charge in [-0.3, -0.25) is 9.59 Å². The van der Waals surface area contributed by atoms with Gasteiger partial charge in [0.1, 0.15) is 12.4 Å². The Morgan fingerprint density at radius 3 is 2.75 bits per heavy atom. The van der Waals surface area contributed by atoms with Gasteiger partial charge in [-0.2, -0.15) is 0 Å². The lowest BCUT2D eigenvalue weighted by atomic mass is 10.1. The number of benzene rings is 1. The highest BCUT2D eigenvalue weighted by Gasteiger charge is 2.04. The van der Waals surface area contributed by atoms with Gasteiger partial charge in [0, 0.05) is 6.42 Å². The van der Waals surface area contributed by atoms with E-state index in [-0.39, 0.29) is 24.7 Å². The number of nitrogens with one attached hydrogen (secondary N) is 1. The molecular formula is C11H12FNO3. The average Bonchev–Trinajstić information content (AvgIpc) is 2.23. The van der Waals surface area contributed by atoms with E-state index in [9.17, 15) is 14.0 Å². The van der Waals surface area contributed by atoms with Crippen LogP contribution in [0, 0.1) is 5.82 Å². The molecule has 0 aromatic heterocycles. The predicted molar refractivity (Wildman–Crippen MR) is 55.4 cm³/mol. The number of carbonyl (C=O) groups excluding carboxylic acids is 1. The molecule has 4 nitrogen and oxygen atoms in total. The van der Waals surface area contributed by atoms with Gasteiger partial charge in [-0.15, -0.1) is 0 Å². The Morgan fingerprint density at radius 2 is 2.12 bits per heavy atom. The van der Waals surface area contributed by atoms with Crippen LogP contribution >= 0.6 is 0 Å². The monoisotopic (exact) mass is 225 g/mol. The van der Waals surface area contributed by atoms with E-state index >= 15 is 0 Å². The standard InChI is InChI=1S/C11H12FNO3/c12-9-3-1-2-8(6-9)4-5-10(14)13-7-11(15)16/h1-3,6H,4-5,7H2,(H,13,14)(H,15,16). The summed E-state index contributed by atoms with van der Waals surface area (Å²) in [5.74, 6) is -1.78. The van der Waals surface area contributed by atoms with Crippen molar-refractivity contribution in [1.29, 1.82) is 0 Å². The highest BCUT2D eigenvalue weighted by Crippen LogP contribution is 2.05. The van der Waals surface area contributed by atoms with E-state index in [4.69, 9.17) is 5.11 Å². The zero-order valence-corrected chi connectivity index (χ0v) is 8.57. The van der Waals surface area contributed by atoms with Gasteiger partial charge < -0.3 is 10.4 Å². The normalized spacial score (nSPS) is 9.81. The van der Waals surface area contributed by atoms with Crippen molar-refractivity contribution in [3.05, 3.63) is 35.6 Å². The Hall–Kier alpha value is -1.91. The second-order valence-electron chi connectivity index (χ2n) is 3.30. The van der Waals surface area contributed by atoms with Crippen molar-refractivity contribution in [3.63, 3.8) is 0 Å². The lowest BCUT2D eigenvalue weighted by Gasteiger charge is -2.02. The van der Waals surface area contributed by atoms with Crippen LogP contribution in [0.4, 0.5) is 4.39 Å². The highest BCUT2D eigenvalue weighted by molar-refractivity contribution is 5.81. The maximum Gasteiger partial charge on any atom is 0.322 e.